The Bertz CT molecular complexity index is 405. The maximum atomic E-state index is 9.13. The highest BCUT2D eigenvalue weighted by Crippen LogP contribution is 2.48. The van der Waals surface area contributed by atoms with E-state index in [1.54, 1.807) is 0 Å². The van der Waals surface area contributed by atoms with Crippen molar-refractivity contribution in [1.82, 2.24) is 4.90 Å². The quantitative estimate of drug-likeness (QED) is 0.580. The van der Waals surface area contributed by atoms with Gasteiger partial charge in [0.25, 0.3) is 0 Å². The molecule has 1 unspecified atom stereocenters. The summed E-state index contributed by atoms with van der Waals surface area (Å²) >= 11 is 0. The molecule has 2 rings (SSSR count). The SMILES string of the molecule is C/C=C1/C2=C(C2)N(C)C(C#N)/C1=C/C. The summed E-state index contributed by atoms with van der Waals surface area (Å²) in [7, 11) is 2.01. The molecule has 0 spiro atoms. The van der Waals surface area contributed by atoms with E-state index in [1.165, 1.54) is 16.8 Å². The highest BCUT2D eigenvalue weighted by molar-refractivity contribution is 5.64. The summed E-state index contributed by atoms with van der Waals surface area (Å²) in [5, 5.41) is 9.13. The fourth-order valence-electron chi connectivity index (χ4n) is 2.21. The van der Waals surface area contributed by atoms with Gasteiger partial charge >= 0.3 is 0 Å². The van der Waals surface area contributed by atoms with Crippen LogP contribution in [0.4, 0.5) is 0 Å². The van der Waals surface area contributed by atoms with Crippen molar-refractivity contribution in [3.05, 3.63) is 34.6 Å². The Morgan fingerprint density at radius 2 is 2.14 bits per heavy atom. The van der Waals surface area contributed by atoms with Gasteiger partial charge in [-0.2, -0.15) is 5.26 Å². The van der Waals surface area contributed by atoms with Crippen LogP contribution >= 0.6 is 0 Å². The van der Waals surface area contributed by atoms with Crippen LogP contribution in [0.25, 0.3) is 0 Å². The summed E-state index contributed by atoms with van der Waals surface area (Å²) in [6, 6.07) is 2.27. The van der Waals surface area contributed by atoms with Gasteiger partial charge in [0.15, 0.2) is 0 Å². The average Bonchev–Trinajstić information content (AvgIpc) is 2.97. The molecule has 0 N–H and O–H groups in total. The summed E-state index contributed by atoms with van der Waals surface area (Å²) in [6.07, 6.45) is 5.24. The normalized spacial score (nSPS) is 30.7. The third-order valence-electron chi connectivity index (χ3n) is 3.03. The van der Waals surface area contributed by atoms with Gasteiger partial charge in [-0.15, -0.1) is 0 Å². The average molecular weight is 186 g/mol. The molecule has 0 fully saturated rings. The van der Waals surface area contributed by atoms with Crippen molar-refractivity contribution in [3.63, 3.8) is 0 Å². The number of likely N-dealkylation sites (tertiary alicyclic amines) is 1. The van der Waals surface area contributed by atoms with Crippen molar-refractivity contribution >= 4 is 0 Å². The maximum absolute atomic E-state index is 9.13. The smallest absolute Gasteiger partial charge is 0.142 e. The van der Waals surface area contributed by atoms with Crippen LogP contribution in [0.5, 0.6) is 0 Å². The minimum Gasteiger partial charge on any atom is -0.358 e. The zero-order valence-electron chi connectivity index (χ0n) is 8.83. The van der Waals surface area contributed by atoms with Gasteiger partial charge in [0, 0.05) is 19.2 Å². The highest BCUT2D eigenvalue weighted by Gasteiger charge is 2.39. The molecule has 1 atom stereocenters. The molecule has 0 radical (unpaired) electrons. The van der Waals surface area contributed by atoms with Crippen molar-refractivity contribution in [2.45, 2.75) is 26.3 Å². The van der Waals surface area contributed by atoms with E-state index in [-0.39, 0.29) is 6.04 Å². The van der Waals surface area contributed by atoms with Crippen LogP contribution in [0.2, 0.25) is 0 Å². The summed E-state index contributed by atoms with van der Waals surface area (Å²) in [6.45, 7) is 4.05. The molecule has 2 nitrogen and oxygen atoms in total. The predicted molar refractivity (Wildman–Crippen MR) is 56.3 cm³/mol. The van der Waals surface area contributed by atoms with Crippen LogP contribution in [0, 0.1) is 11.3 Å². The Morgan fingerprint density at radius 1 is 1.43 bits per heavy atom. The van der Waals surface area contributed by atoms with Crippen LogP contribution in [0.3, 0.4) is 0 Å². The molecule has 14 heavy (non-hydrogen) atoms. The lowest BCUT2D eigenvalue weighted by Crippen LogP contribution is -2.31. The van der Waals surface area contributed by atoms with E-state index in [4.69, 9.17) is 5.26 Å². The lowest BCUT2D eigenvalue weighted by molar-refractivity contribution is 0.406. The topological polar surface area (TPSA) is 27.0 Å². The molecular formula is C12H14N2. The van der Waals surface area contributed by atoms with Gasteiger partial charge in [-0.05, 0) is 30.6 Å². The van der Waals surface area contributed by atoms with Crippen LogP contribution in [-0.4, -0.2) is 18.0 Å². The summed E-state index contributed by atoms with van der Waals surface area (Å²) in [5.41, 5.74) is 5.21. The summed E-state index contributed by atoms with van der Waals surface area (Å²) < 4.78 is 0. The van der Waals surface area contributed by atoms with Crippen molar-refractivity contribution in [1.29, 1.82) is 5.26 Å². The van der Waals surface area contributed by atoms with Gasteiger partial charge in [-0.25, -0.2) is 0 Å². The van der Waals surface area contributed by atoms with E-state index in [0.717, 1.165) is 12.0 Å². The van der Waals surface area contributed by atoms with Crippen molar-refractivity contribution in [3.8, 4) is 6.07 Å². The van der Waals surface area contributed by atoms with E-state index >= 15 is 0 Å². The van der Waals surface area contributed by atoms with Crippen molar-refractivity contribution in [2.75, 3.05) is 7.05 Å². The molecule has 0 saturated carbocycles. The van der Waals surface area contributed by atoms with Gasteiger partial charge in [-0.3, -0.25) is 0 Å². The van der Waals surface area contributed by atoms with Gasteiger partial charge in [0.05, 0.1) is 6.07 Å². The van der Waals surface area contributed by atoms with Gasteiger partial charge in [-0.1, -0.05) is 12.2 Å². The Labute approximate surface area is 84.8 Å². The second-order valence-electron chi connectivity index (χ2n) is 3.69. The third kappa shape index (κ3) is 1.02. The maximum Gasteiger partial charge on any atom is 0.142 e. The first kappa shape index (κ1) is 9.08. The first-order chi connectivity index (χ1) is 6.74. The number of nitriles is 1. The predicted octanol–water partition coefficient (Wildman–Crippen LogP) is 2.37. The number of nitrogens with zero attached hydrogens (tertiary/aromatic N) is 2. The molecule has 2 aliphatic rings. The number of hydrogen-bond acceptors (Lipinski definition) is 2. The van der Waals surface area contributed by atoms with Crippen molar-refractivity contribution in [2.24, 2.45) is 0 Å². The largest absolute Gasteiger partial charge is 0.358 e. The minimum atomic E-state index is -0.0903. The second kappa shape index (κ2) is 3.02. The monoisotopic (exact) mass is 186 g/mol. The molecule has 1 aliphatic heterocycles. The Balaban J connectivity index is 2.51. The van der Waals surface area contributed by atoms with E-state index in [2.05, 4.69) is 23.1 Å². The van der Waals surface area contributed by atoms with Gasteiger partial charge in [0.2, 0.25) is 0 Å². The number of likely N-dealkylation sites (N-methyl/N-ethyl adjacent to an activating group) is 1. The van der Waals surface area contributed by atoms with E-state index in [1.807, 2.05) is 20.9 Å². The molecule has 0 aromatic carbocycles. The number of allylic oxidation sites excluding steroid dienone is 4. The summed E-state index contributed by atoms with van der Waals surface area (Å²) in [4.78, 5) is 2.09. The van der Waals surface area contributed by atoms with Gasteiger partial charge < -0.3 is 4.90 Å². The molecule has 2 heteroatoms. The first-order valence-corrected chi connectivity index (χ1v) is 4.92. The second-order valence-corrected chi connectivity index (χ2v) is 3.69. The van der Waals surface area contributed by atoms with E-state index in [0.29, 0.717) is 0 Å². The van der Waals surface area contributed by atoms with Crippen LogP contribution in [0.1, 0.15) is 20.3 Å². The van der Waals surface area contributed by atoms with Crippen LogP contribution in [-0.2, 0) is 0 Å². The standard InChI is InChI=1S/C12H14N2/c1-4-8-9(5-2)12(7-13)14(3)11-6-10(8)11/h4-5,12H,6H2,1-3H3/b8-4+,9-5+. The molecule has 72 valence electrons. The lowest BCUT2D eigenvalue weighted by Gasteiger charge is -2.28. The van der Waals surface area contributed by atoms with E-state index in [9.17, 15) is 0 Å². The Morgan fingerprint density at radius 3 is 2.64 bits per heavy atom. The molecular weight excluding hydrogens is 172 g/mol. The Hall–Kier alpha value is -1.49. The van der Waals surface area contributed by atoms with Crippen LogP contribution < -0.4 is 0 Å². The number of rotatable bonds is 0. The lowest BCUT2D eigenvalue weighted by atomic mass is 9.94. The molecule has 0 aromatic heterocycles. The fourth-order valence-corrected chi connectivity index (χ4v) is 2.21. The summed E-state index contributed by atoms with van der Waals surface area (Å²) in [5.74, 6) is 0. The first-order valence-electron chi connectivity index (χ1n) is 4.92. The number of hydrogen-bond donors (Lipinski definition) is 0. The third-order valence-corrected chi connectivity index (χ3v) is 3.03. The zero-order valence-corrected chi connectivity index (χ0v) is 8.83. The fraction of sp³-hybridized carbons (Fsp3) is 0.417. The highest BCUT2D eigenvalue weighted by atomic mass is 15.2. The molecule has 0 bridgehead atoms. The molecule has 0 amide bonds. The zero-order chi connectivity index (χ0) is 10.3. The minimum absolute atomic E-state index is 0.0903. The molecule has 0 saturated heterocycles. The van der Waals surface area contributed by atoms with Crippen LogP contribution in [0.15, 0.2) is 34.6 Å². The molecule has 0 aromatic rings. The van der Waals surface area contributed by atoms with Gasteiger partial charge in [0.1, 0.15) is 6.04 Å². The molecule has 1 aliphatic carbocycles. The van der Waals surface area contributed by atoms with Crippen molar-refractivity contribution < 1.29 is 0 Å². The van der Waals surface area contributed by atoms with E-state index < -0.39 is 0 Å². The Kier molecular flexibility index (Phi) is 1.96. The molecule has 1 heterocycles.